The number of thiocarbonyl (C=S) groups is 1. The maximum atomic E-state index is 11.4. The number of benzene rings is 1. The van der Waals surface area contributed by atoms with Crippen LogP contribution in [0.15, 0.2) is 36.5 Å². The third-order valence-electron chi connectivity index (χ3n) is 3.23. The van der Waals surface area contributed by atoms with Gasteiger partial charge in [-0.05, 0) is 24.2 Å². The first-order valence-electron chi connectivity index (χ1n) is 7.49. The molecule has 0 radical (unpaired) electrons. The molecule has 6 nitrogen and oxygen atoms in total. The van der Waals surface area contributed by atoms with Crippen molar-refractivity contribution in [2.45, 2.75) is 26.3 Å². The summed E-state index contributed by atoms with van der Waals surface area (Å²) in [6.45, 7) is 3.33. The Kier molecular flexibility index (Phi) is 6.10. The van der Waals surface area contributed by atoms with Crippen molar-refractivity contribution in [3.8, 4) is 0 Å². The number of rotatable bonds is 7. The van der Waals surface area contributed by atoms with Crippen LogP contribution >= 0.6 is 12.2 Å². The number of carboxylic acids is 1. The Morgan fingerprint density at radius 1 is 1.35 bits per heavy atom. The first-order valence-corrected chi connectivity index (χ1v) is 7.90. The van der Waals surface area contributed by atoms with Gasteiger partial charge in [-0.25, -0.2) is 4.79 Å². The van der Waals surface area contributed by atoms with Gasteiger partial charge in [0.15, 0.2) is 10.9 Å². The monoisotopic (exact) mass is 332 g/mol. The summed E-state index contributed by atoms with van der Waals surface area (Å²) in [5, 5.41) is 19.9. The number of anilines is 1. The number of nitrogens with zero attached hydrogens (tertiary/aromatic N) is 2. The van der Waals surface area contributed by atoms with Gasteiger partial charge in [0.25, 0.3) is 0 Å². The molecule has 23 heavy (non-hydrogen) atoms. The number of aromatic nitrogens is 2. The summed E-state index contributed by atoms with van der Waals surface area (Å²) in [6, 6.07) is 9.73. The molecule has 2 aromatic rings. The summed E-state index contributed by atoms with van der Waals surface area (Å²) in [4.78, 5) is 11.4. The Hall–Kier alpha value is -2.41. The molecule has 0 aliphatic heterocycles. The predicted octanol–water partition coefficient (Wildman–Crippen LogP) is 2.72. The van der Waals surface area contributed by atoms with E-state index in [0.717, 1.165) is 24.9 Å². The summed E-state index contributed by atoms with van der Waals surface area (Å²) in [5.41, 5.74) is 1.14. The average molecular weight is 332 g/mol. The minimum absolute atomic E-state index is 0.0978. The van der Waals surface area contributed by atoms with Gasteiger partial charge < -0.3 is 15.7 Å². The topological polar surface area (TPSA) is 79.2 Å². The average Bonchev–Trinajstić information content (AvgIpc) is 2.91. The van der Waals surface area contributed by atoms with Crippen LogP contribution in [0.5, 0.6) is 0 Å². The van der Waals surface area contributed by atoms with Gasteiger partial charge in [-0.1, -0.05) is 43.7 Å². The van der Waals surface area contributed by atoms with Crippen molar-refractivity contribution in [3.63, 3.8) is 0 Å². The van der Waals surface area contributed by atoms with E-state index in [1.54, 1.807) is 4.68 Å². The van der Waals surface area contributed by atoms with Crippen LogP contribution in [0.3, 0.4) is 0 Å². The van der Waals surface area contributed by atoms with Crippen LogP contribution in [0.1, 0.15) is 35.7 Å². The highest BCUT2D eigenvalue weighted by Crippen LogP contribution is 2.14. The number of nitrogens with one attached hydrogen (secondary N) is 2. The van der Waals surface area contributed by atoms with Crippen LogP contribution in [-0.2, 0) is 6.54 Å². The number of aromatic carboxylic acids is 1. The zero-order chi connectivity index (χ0) is 16.7. The summed E-state index contributed by atoms with van der Waals surface area (Å²) >= 11 is 5.17. The normalized spacial score (nSPS) is 10.3. The molecule has 0 amide bonds. The molecule has 0 bridgehead atoms. The Bertz CT molecular complexity index is 670. The van der Waals surface area contributed by atoms with Gasteiger partial charge >= 0.3 is 5.97 Å². The second-order valence-corrected chi connectivity index (χ2v) is 5.52. The minimum Gasteiger partial charge on any atom is -0.477 e. The summed E-state index contributed by atoms with van der Waals surface area (Å²) in [6.07, 6.45) is 3.56. The van der Waals surface area contributed by atoms with Crippen molar-refractivity contribution in [2.75, 3.05) is 11.9 Å². The van der Waals surface area contributed by atoms with Crippen molar-refractivity contribution in [2.24, 2.45) is 0 Å². The fourth-order valence-electron chi connectivity index (χ4n) is 2.05. The number of hydrogen-bond acceptors (Lipinski definition) is 3. The molecule has 0 spiro atoms. The van der Waals surface area contributed by atoms with E-state index >= 15 is 0 Å². The zero-order valence-electron chi connectivity index (χ0n) is 13.0. The standard InChI is InChI=1S/C16H20N4O2S/c1-2-3-9-17-16(23)18-14-13(15(21)22)11-20(19-14)10-12-7-5-4-6-8-12/h4-8,11H,2-3,9-10H2,1H3,(H,21,22)(H2,17,18,19,23). The van der Waals surface area contributed by atoms with E-state index in [4.69, 9.17) is 12.2 Å². The van der Waals surface area contributed by atoms with E-state index in [-0.39, 0.29) is 11.4 Å². The molecule has 7 heteroatoms. The third-order valence-corrected chi connectivity index (χ3v) is 3.47. The first kappa shape index (κ1) is 17.0. The van der Waals surface area contributed by atoms with E-state index in [9.17, 15) is 9.90 Å². The van der Waals surface area contributed by atoms with E-state index in [0.29, 0.717) is 11.7 Å². The number of hydrogen-bond donors (Lipinski definition) is 3. The lowest BCUT2D eigenvalue weighted by molar-refractivity contribution is 0.0698. The summed E-state index contributed by atoms with van der Waals surface area (Å²) in [7, 11) is 0. The van der Waals surface area contributed by atoms with E-state index < -0.39 is 5.97 Å². The molecular weight excluding hydrogens is 312 g/mol. The van der Waals surface area contributed by atoms with Gasteiger partial charge in [-0.15, -0.1) is 0 Å². The van der Waals surface area contributed by atoms with Crippen LogP contribution in [0, 0.1) is 0 Å². The lowest BCUT2D eigenvalue weighted by Gasteiger charge is -2.08. The number of carbonyl (C=O) groups is 1. The molecule has 0 aliphatic rings. The molecule has 1 aromatic carbocycles. The van der Waals surface area contributed by atoms with Crippen molar-refractivity contribution in [3.05, 3.63) is 47.7 Å². The van der Waals surface area contributed by atoms with Crippen molar-refractivity contribution >= 4 is 29.1 Å². The van der Waals surface area contributed by atoms with E-state index in [1.807, 2.05) is 30.3 Å². The second-order valence-electron chi connectivity index (χ2n) is 5.11. The largest absolute Gasteiger partial charge is 0.477 e. The third kappa shape index (κ3) is 5.07. The molecule has 2 rings (SSSR count). The molecule has 0 saturated carbocycles. The summed E-state index contributed by atoms with van der Waals surface area (Å²) < 4.78 is 1.59. The fraction of sp³-hybridized carbons (Fsp3) is 0.312. The van der Waals surface area contributed by atoms with Crippen LogP contribution in [0.25, 0.3) is 0 Å². The van der Waals surface area contributed by atoms with Crippen LogP contribution in [0.2, 0.25) is 0 Å². The zero-order valence-corrected chi connectivity index (χ0v) is 13.8. The van der Waals surface area contributed by atoms with Crippen molar-refractivity contribution < 1.29 is 9.90 Å². The smallest absolute Gasteiger partial charge is 0.341 e. The summed E-state index contributed by atoms with van der Waals surface area (Å²) in [5.74, 6) is -0.786. The number of unbranched alkanes of at least 4 members (excludes halogenated alkanes) is 1. The minimum atomic E-state index is -1.04. The van der Waals surface area contributed by atoms with Crippen molar-refractivity contribution in [1.82, 2.24) is 15.1 Å². The first-order chi connectivity index (χ1) is 11.1. The van der Waals surface area contributed by atoms with E-state index in [1.165, 1.54) is 6.20 Å². The molecule has 0 fully saturated rings. The van der Waals surface area contributed by atoms with Crippen molar-refractivity contribution in [1.29, 1.82) is 0 Å². The van der Waals surface area contributed by atoms with Crippen LogP contribution in [-0.4, -0.2) is 32.5 Å². The quantitative estimate of drug-likeness (QED) is 0.534. The second kappa shape index (κ2) is 8.28. The lowest BCUT2D eigenvalue weighted by Crippen LogP contribution is -2.30. The molecule has 0 atom stereocenters. The molecule has 122 valence electrons. The van der Waals surface area contributed by atoms with Gasteiger partial charge in [0.05, 0.1) is 6.54 Å². The highest BCUT2D eigenvalue weighted by atomic mass is 32.1. The van der Waals surface area contributed by atoms with E-state index in [2.05, 4.69) is 22.7 Å². The van der Waals surface area contributed by atoms with Gasteiger partial charge in [-0.3, -0.25) is 4.68 Å². The highest BCUT2D eigenvalue weighted by Gasteiger charge is 2.16. The molecule has 3 N–H and O–H groups in total. The SMILES string of the molecule is CCCCNC(=S)Nc1nn(Cc2ccccc2)cc1C(=O)O. The fourth-order valence-corrected chi connectivity index (χ4v) is 2.25. The Morgan fingerprint density at radius 2 is 2.09 bits per heavy atom. The molecule has 0 aliphatic carbocycles. The molecule has 1 heterocycles. The molecular formula is C16H20N4O2S. The Balaban J connectivity index is 2.09. The molecule has 0 unspecified atom stereocenters. The molecule has 1 aromatic heterocycles. The maximum Gasteiger partial charge on any atom is 0.341 e. The lowest BCUT2D eigenvalue weighted by atomic mass is 10.2. The highest BCUT2D eigenvalue weighted by molar-refractivity contribution is 7.80. The Morgan fingerprint density at radius 3 is 2.74 bits per heavy atom. The van der Waals surface area contributed by atoms with Gasteiger partial charge in [0.2, 0.25) is 0 Å². The number of carboxylic acid groups (broad SMARTS) is 1. The Labute approximate surface area is 140 Å². The van der Waals surface area contributed by atoms with Gasteiger partial charge in [0.1, 0.15) is 5.56 Å². The van der Waals surface area contributed by atoms with Crippen LogP contribution < -0.4 is 10.6 Å². The maximum absolute atomic E-state index is 11.4. The van der Waals surface area contributed by atoms with Crippen LogP contribution in [0.4, 0.5) is 5.82 Å². The predicted molar refractivity (Wildman–Crippen MR) is 93.9 cm³/mol. The molecule has 0 saturated heterocycles. The van der Waals surface area contributed by atoms with Gasteiger partial charge in [0, 0.05) is 12.7 Å². The van der Waals surface area contributed by atoms with Gasteiger partial charge in [-0.2, -0.15) is 5.10 Å².